The number of anilines is 1. The van der Waals surface area contributed by atoms with Gasteiger partial charge in [0.15, 0.2) is 15.4 Å². The molecular formula is C16H19N3O5S. The molecule has 2 N–H and O–H groups in total. The molecule has 0 fully saturated rings. The maximum absolute atomic E-state index is 12.4. The molecule has 0 atom stereocenters. The number of amides is 1. The molecule has 1 amide bonds. The number of carboxylic acid groups (broad SMARTS) is 1. The van der Waals surface area contributed by atoms with Gasteiger partial charge in [-0.1, -0.05) is 6.07 Å². The lowest BCUT2D eigenvalue weighted by atomic mass is 10.1. The van der Waals surface area contributed by atoms with Crippen LogP contribution in [0.3, 0.4) is 0 Å². The Balaban J connectivity index is 2.30. The lowest BCUT2D eigenvalue weighted by molar-refractivity contribution is -0.146. The molecule has 1 aromatic heterocycles. The number of sulfone groups is 1. The Kier molecular flexibility index (Phi) is 4.72. The summed E-state index contributed by atoms with van der Waals surface area (Å²) >= 11 is 0. The number of carbonyl (C=O) groups is 2. The second kappa shape index (κ2) is 6.32. The second-order valence-corrected chi connectivity index (χ2v) is 8.26. The number of benzene rings is 1. The van der Waals surface area contributed by atoms with Gasteiger partial charge in [0.05, 0.1) is 16.8 Å². The van der Waals surface area contributed by atoms with Gasteiger partial charge in [-0.2, -0.15) is 5.10 Å². The SMILES string of the molecule is Cc1ccc(S(C)(=O)=O)cc1C(=O)Nc1cnn(C(C)(C)C(=O)O)c1. The van der Waals surface area contributed by atoms with E-state index in [2.05, 4.69) is 10.4 Å². The van der Waals surface area contributed by atoms with Crippen LogP contribution in [0, 0.1) is 6.92 Å². The van der Waals surface area contributed by atoms with Gasteiger partial charge in [-0.25, -0.2) is 13.2 Å². The van der Waals surface area contributed by atoms with Gasteiger partial charge >= 0.3 is 5.97 Å². The third-order valence-electron chi connectivity index (χ3n) is 3.82. The van der Waals surface area contributed by atoms with Crippen LogP contribution in [0.15, 0.2) is 35.5 Å². The molecule has 0 bridgehead atoms. The molecular weight excluding hydrogens is 346 g/mol. The van der Waals surface area contributed by atoms with E-state index in [0.717, 1.165) is 6.26 Å². The standard InChI is InChI=1S/C16H19N3O5S/c1-10-5-6-12(25(4,23)24)7-13(10)14(20)18-11-8-17-19(9-11)16(2,3)15(21)22/h5-9H,1-4H3,(H,18,20)(H,21,22). The average molecular weight is 365 g/mol. The number of carbonyl (C=O) groups excluding carboxylic acids is 1. The predicted molar refractivity (Wildman–Crippen MR) is 91.4 cm³/mol. The van der Waals surface area contributed by atoms with Crippen molar-refractivity contribution in [1.29, 1.82) is 0 Å². The predicted octanol–water partition coefficient (Wildman–Crippen LogP) is 1.67. The second-order valence-electron chi connectivity index (χ2n) is 6.24. The Morgan fingerprint density at radius 1 is 1.28 bits per heavy atom. The van der Waals surface area contributed by atoms with Crippen molar-refractivity contribution in [2.75, 3.05) is 11.6 Å². The molecule has 0 radical (unpaired) electrons. The zero-order chi connectivity index (χ0) is 19.0. The zero-order valence-corrected chi connectivity index (χ0v) is 15.1. The van der Waals surface area contributed by atoms with E-state index >= 15 is 0 Å². The average Bonchev–Trinajstić information content (AvgIpc) is 2.95. The van der Waals surface area contributed by atoms with Crippen LogP contribution in [0.25, 0.3) is 0 Å². The molecule has 9 heteroatoms. The van der Waals surface area contributed by atoms with Gasteiger partial charge < -0.3 is 10.4 Å². The molecule has 0 saturated carbocycles. The number of nitrogens with one attached hydrogen (secondary N) is 1. The summed E-state index contributed by atoms with van der Waals surface area (Å²) in [5.41, 5.74) is -0.130. The van der Waals surface area contributed by atoms with Crippen molar-refractivity contribution in [1.82, 2.24) is 9.78 Å². The summed E-state index contributed by atoms with van der Waals surface area (Å²) < 4.78 is 24.5. The lowest BCUT2D eigenvalue weighted by Crippen LogP contribution is -2.35. The van der Waals surface area contributed by atoms with Crippen molar-refractivity contribution < 1.29 is 23.1 Å². The fourth-order valence-corrected chi connectivity index (χ4v) is 2.71. The Morgan fingerprint density at radius 3 is 2.48 bits per heavy atom. The molecule has 0 spiro atoms. The van der Waals surface area contributed by atoms with Gasteiger partial charge in [0, 0.05) is 18.0 Å². The summed E-state index contributed by atoms with van der Waals surface area (Å²) in [5.74, 6) is -1.57. The minimum absolute atomic E-state index is 0.0472. The molecule has 0 unspecified atom stereocenters. The van der Waals surface area contributed by atoms with Crippen molar-refractivity contribution >= 4 is 27.4 Å². The van der Waals surface area contributed by atoms with Crippen LogP contribution in [-0.4, -0.2) is 41.4 Å². The van der Waals surface area contributed by atoms with Crippen LogP contribution in [0.4, 0.5) is 5.69 Å². The number of hydrogen-bond acceptors (Lipinski definition) is 5. The van der Waals surface area contributed by atoms with E-state index < -0.39 is 27.3 Å². The van der Waals surface area contributed by atoms with E-state index in [4.69, 9.17) is 0 Å². The van der Waals surface area contributed by atoms with Gasteiger partial charge in [-0.05, 0) is 38.5 Å². The van der Waals surface area contributed by atoms with Crippen LogP contribution in [0.2, 0.25) is 0 Å². The van der Waals surface area contributed by atoms with E-state index in [0.29, 0.717) is 11.3 Å². The van der Waals surface area contributed by atoms with Gasteiger partial charge in [0.1, 0.15) is 0 Å². The fourth-order valence-electron chi connectivity index (χ4n) is 2.07. The minimum atomic E-state index is -3.43. The zero-order valence-electron chi connectivity index (χ0n) is 14.3. The number of rotatable bonds is 5. The first kappa shape index (κ1) is 18.7. The molecule has 134 valence electrons. The number of hydrogen-bond donors (Lipinski definition) is 2. The number of aromatic nitrogens is 2. The molecule has 25 heavy (non-hydrogen) atoms. The van der Waals surface area contributed by atoms with E-state index in [1.54, 1.807) is 13.0 Å². The number of nitrogens with zero attached hydrogens (tertiary/aromatic N) is 2. The van der Waals surface area contributed by atoms with Crippen LogP contribution < -0.4 is 5.32 Å². The lowest BCUT2D eigenvalue weighted by Gasteiger charge is -2.19. The van der Waals surface area contributed by atoms with Gasteiger partial charge in [0.2, 0.25) is 0 Å². The van der Waals surface area contributed by atoms with Crippen LogP contribution in [-0.2, 0) is 20.2 Å². The highest BCUT2D eigenvalue weighted by Crippen LogP contribution is 2.20. The van der Waals surface area contributed by atoms with E-state index in [-0.39, 0.29) is 10.5 Å². The quantitative estimate of drug-likeness (QED) is 0.832. The monoisotopic (exact) mass is 365 g/mol. The highest BCUT2D eigenvalue weighted by atomic mass is 32.2. The Bertz CT molecular complexity index is 944. The molecule has 0 aliphatic heterocycles. The maximum Gasteiger partial charge on any atom is 0.331 e. The molecule has 0 aliphatic rings. The molecule has 0 saturated heterocycles. The van der Waals surface area contributed by atoms with Crippen LogP contribution in [0.5, 0.6) is 0 Å². The number of aryl methyl sites for hydroxylation is 1. The Morgan fingerprint density at radius 2 is 1.92 bits per heavy atom. The normalized spacial score (nSPS) is 12.0. The van der Waals surface area contributed by atoms with Crippen LogP contribution in [0.1, 0.15) is 29.8 Å². The highest BCUT2D eigenvalue weighted by Gasteiger charge is 2.30. The van der Waals surface area contributed by atoms with Gasteiger partial charge in [0.25, 0.3) is 5.91 Å². The van der Waals surface area contributed by atoms with E-state index in [1.165, 1.54) is 43.1 Å². The van der Waals surface area contributed by atoms with E-state index in [1.807, 2.05) is 0 Å². The molecule has 1 heterocycles. The summed E-state index contributed by atoms with van der Waals surface area (Å²) in [7, 11) is -3.43. The smallest absolute Gasteiger partial charge is 0.331 e. The third-order valence-corrected chi connectivity index (χ3v) is 4.93. The molecule has 0 aliphatic carbocycles. The molecule has 1 aromatic carbocycles. The largest absolute Gasteiger partial charge is 0.479 e. The van der Waals surface area contributed by atoms with Crippen molar-refractivity contribution in [2.24, 2.45) is 0 Å². The molecule has 2 aromatic rings. The Hall–Kier alpha value is -2.68. The van der Waals surface area contributed by atoms with Gasteiger partial charge in [-0.3, -0.25) is 9.48 Å². The van der Waals surface area contributed by atoms with Crippen molar-refractivity contribution in [2.45, 2.75) is 31.2 Å². The first-order valence-corrected chi connectivity index (χ1v) is 9.22. The molecule has 2 rings (SSSR count). The maximum atomic E-state index is 12.4. The summed E-state index contributed by atoms with van der Waals surface area (Å²) in [5, 5.41) is 15.8. The van der Waals surface area contributed by atoms with Crippen molar-refractivity contribution in [3.8, 4) is 0 Å². The Labute approximate surface area is 145 Å². The third kappa shape index (κ3) is 3.87. The number of aliphatic carboxylic acids is 1. The first-order chi connectivity index (χ1) is 11.4. The first-order valence-electron chi connectivity index (χ1n) is 7.33. The van der Waals surface area contributed by atoms with Gasteiger partial charge in [-0.15, -0.1) is 0 Å². The number of carboxylic acids is 1. The minimum Gasteiger partial charge on any atom is -0.479 e. The summed E-state index contributed by atoms with van der Waals surface area (Å²) in [6, 6.07) is 4.31. The topological polar surface area (TPSA) is 118 Å². The fraction of sp³-hybridized carbons (Fsp3) is 0.312. The van der Waals surface area contributed by atoms with E-state index in [9.17, 15) is 23.1 Å². The summed E-state index contributed by atoms with van der Waals surface area (Å²) in [6.07, 6.45) is 3.80. The summed E-state index contributed by atoms with van der Waals surface area (Å²) in [6.45, 7) is 4.65. The van der Waals surface area contributed by atoms with Crippen molar-refractivity contribution in [3.05, 3.63) is 41.7 Å². The van der Waals surface area contributed by atoms with Crippen molar-refractivity contribution in [3.63, 3.8) is 0 Å². The highest BCUT2D eigenvalue weighted by molar-refractivity contribution is 7.90. The summed E-state index contributed by atoms with van der Waals surface area (Å²) in [4.78, 5) is 23.7. The molecule has 8 nitrogen and oxygen atoms in total. The van der Waals surface area contributed by atoms with Crippen LogP contribution >= 0.6 is 0 Å².